The number of hydrogen-bond donors (Lipinski definition) is 7. The quantitative estimate of drug-likeness (QED) is 0.00610. The minimum Gasteiger partial charge on any atom is -0.505 e. The van der Waals surface area contributed by atoms with E-state index < -0.39 is 88.2 Å². The van der Waals surface area contributed by atoms with Gasteiger partial charge in [0, 0.05) is 22.5 Å². The number of nitrogens with zero attached hydrogens (tertiary/aromatic N) is 6. The van der Waals surface area contributed by atoms with Crippen LogP contribution in [-0.2, 0) is 53.0 Å². The van der Waals surface area contributed by atoms with Crippen LogP contribution in [-0.4, -0.2) is 78.2 Å². The number of hydrogen-bond acceptors (Lipinski definition) is 24. The zero-order valence-corrected chi connectivity index (χ0v) is 33.3. The second-order valence-corrected chi connectivity index (χ2v) is 17.3. The average Bonchev–Trinajstić information content (AvgIpc) is 3.17. The number of sulfone groups is 1. The molecule has 5 aromatic rings. The molecule has 0 aliphatic carbocycles. The van der Waals surface area contributed by atoms with Crippen LogP contribution < -0.4 is 10.6 Å². The molecule has 0 fully saturated rings. The van der Waals surface area contributed by atoms with Crippen molar-refractivity contribution in [1.29, 1.82) is 0 Å². The van der Waals surface area contributed by atoms with Gasteiger partial charge in [0.1, 0.15) is 39.3 Å². The Hall–Kier alpha value is -5.13. The molecule has 60 heavy (non-hydrogen) atoms. The van der Waals surface area contributed by atoms with Crippen LogP contribution in [0.2, 0.25) is 0 Å². The Labute approximate surface area is 344 Å². The molecule has 0 spiro atoms. The molecule has 0 atom stereocenters. The van der Waals surface area contributed by atoms with Gasteiger partial charge in [-0.25, -0.2) is 18.9 Å². The van der Waals surface area contributed by atoms with Crippen molar-refractivity contribution in [2.75, 3.05) is 28.9 Å². The first-order chi connectivity index (χ1) is 28.4. The van der Waals surface area contributed by atoms with E-state index >= 15 is 0 Å². The fourth-order valence-corrected chi connectivity index (χ4v) is 7.84. The highest BCUT2D eigenvalue weighted by molar-refractivity contribution is 7.94. The molecule has 0 aliphatic rings. The van der Waals surface area contributed by atoms with E-state index in [0.29, 0.717) is 6.07 Å². The van der Waals surface area contributed by atoms with E-state index in [-0.39, 0.29) is 67.7 Å². The number of aromatic nitrogens is 2. The van der Waals surface area contributed by atoms with Gasteiger partial charge in [0.15, 0.2) is 27.9 Å². The van der Waals surface area contributed by atoms with E-state index in [2.05, 4.69) is 59.8 Å². The maximum Gasteiger partial charge on any atom is 0.313 e. The summed E-state index contributed by atoms with van der Waals surface area (Å²) in [6.45, 7) is -0.446. The summed E-state index contributed by atoms with van der Waals surface area (Å²) in [4.78, 5) is 4.78. The monoisotopic (exact) mass is 938 g/mol. The lowest BCUT2D eigenvalue weighted by Gasteiger charge is -2.14. The first kappa shape index (κ1) is 45.9. The summed E-state index contributed by atoms with van der Waals surface area (Å²) in [5, 5.41) is 56.4. The van der Waals surface area contributed by atoms with Crippen molar-refractivity contribution in [3.8, 4) is 5.75 Å². The van der Waals surface area contributed by atoms with Crippen molar-refractivity contribution in [1.82, 2.24) is 9.97 Å². The minimum atomic E-state index is -5.01. The highest BCUT2D eigenvalue weighted by Gasteiger charge is 2.23. The van der Waals surface area contributed by atoms with Crippen LogP contribution in [0.1, 0.15) is 0 Å². The highest BCUT2D eigenvalue weighted by Crippen LogP contribution is 2.48. The molecule has 1 aromatic heterocycles. The number of phenolic OH excluding ortho intramolecular Hbond substituents is 1. The second kappa shape index (κ2) is 20.0. The molecular weight excluding hydrogens is 915 g/mol. The first-order valence-electron chi connectivity index (χ1n) is 15.6. The van der Waals surface area contributed by atoms with Gasteiger partial charge >= 0.3 is 6.08 Å². The van der Waals surface area contributed by atoms with E-state index in [0.717, 1.165) is 24.3 Å². The number of phenols is 1. The molecule has 7 N–H and O–H groups in total. The molecule has 31 heteroatoms. The number of fused-ring (bicyclic) bond motifs is 1. The lowest BCUT2D eigenvalue weighted by atomic mass is 10.1. The molecule has 0 aliphatic heterocycles. The first-order valence-corrected chi connectivity index (χ1v) is 21.7. The Kier molecular flexibility index (Phi) is 15.3. The normalized spacial score (nSPS) is 12.5. The average molecular weight is 939 g/mol. The molecule has 1 heterocycles. The Morgan fingerprint density at radius 3 is 2.18 bits per heavy atom. The second-order valence-electron chi connectivity index (χ2n) is 11.1. The summed E-state index contributed by atoms with van der Waals surface area (Å²) in [5.41, 5.74) is -1.88. The number of benzene rings is 4. The summed E-state index contributed by atoms with van der Waals surface area (Å²) in [6.07, 6.45) is -1.43. The van der Waals surface area contributed by atoms with Gasteiger partial charge in [-0.2, -0.15) is 35.6 Å². The SMILES string of the molecule is O=S(=O)(O)CNc1ccc2c(O)c(N=Nc3cc(Nc4cc(F)nc(F)n4)ccc3S(=O)(=O)O)c(SOOO)cc2c1N=Nc1ccccc1S(=O)(=O)CCOSOOO. The third-order valence-electron chi connectivity index (χ3n) is 7.24. The Morgan fingerprint density at radius 1 is 0.767 bits per heavy atom. The number of azo groups is 2. The van der Waals surface area contributed by atoms with Crippen molar-refractivity contribution in [3.63, 3.8) is 0 Å². The molecule has 0 unspecified atom stereocenters. The molecule has 320 valence electrons. The van der Waals surface area contributed by atoms with Crippen LogP contribution in [0.25, 0.3) is 10.8 Å². The van der Waals surface area contributed by atoms with Crippen LogP contribution >= 0.6 is 24.4 Å². The maximum absolute atomic E-state index is 13.7. The summed E-state index contributed by atoms with van der Waals surface area (Å²) >= 11 is 0.340. The zero-order chi connectivity index (χ0) is 43.7. The maximum atomic E-state index is 13.7. The lowest BCUT2D eigenvalue weighted by molar-refractivity contribution is -0.434. The Bertz CT molecular complexity index is 2770. The van der Waals surface area contributed by atoms with Gasteiger partial charge in [0.25, 0.3) is 20.2 Å². The van der Waals surface area contributed by atoms with Crippen molar-refractivity contribution >= 4 is 105 Å². The minimum absolute atomic E-state index is 0.0763. The third-order valence-corrected chi connectivity index (χ3v) is 11.4. The highest BCUT2D eigenvalue weighted by atomic mass is 32.2. The van der Waals surface area contributed by atoms with Crippen LogP contribution in [0, 0.1) is 12.0 Å². The topological polar surface area (TPSA) is 349 Å². The molecule has 0 bridgehead atoms. The van der Waals surface area contributed by atoms with Gasteiger partial charge in [-0.15, -0.1) is 29.1 Å². The van der Waals surface area contributed by atoms with E-state index in [1.165, 1.54) is 36.4 Å². The van der Waals surface area contributed by atoms with Gasteiger partial charge < -0.3 is 15.7 Å². The number of nitrogens with one attached hydrogen (secondary N) is 2. The van der Waals surface area contributed by atoms with Gasteiger partial charge in [0.2, 0.25) is 5.95 Å². The fraction of sp³-hybridized carbons (Fsp3) is 0.103. The van der Waals surface area contributed by atoms with Crippen molar-refractivity contribution < 1.29 is 81.7 Å². The zero-order valence-electron chi connectivity index (χ0n) is 29.2. The van der Waals surface area contributed by atoms with E-state index in [9.17, 15) is 48.2 Å². The standard InChI is InChI=1S/C29H24F2N8O16S5/c30-24-13-25(35-29(31)34-24)33-15-5-8-23(60(48,49)50)20(11-15)37-39-27-21(56-54-52-41)12-17-16(28(27)40)6-7-19(32-14-59(45,46)47)26(17)38-36-18-3-1-2-4-22(18)58(43,44)10-9-51-57-55-53-42/h1-8,11-13,32,40-42H,9-10,14H2,(H,33,34,35)(H,45,46,47)(H,48,49,50). The Balaban J connectivity index is 1.64. The largest absolute Gasteiger partial charge is 0.505 e. The van der Waals surface area contributed by atoms with E-state index in [1.807, 2.05) is 0 Å². The molecule has 24 nitrogen and oxygen atoms in total. The molecule has 0 radical (unpaired) electrons. The molecular formula is C29H24F2N8O16S5. The summed E-state index contributed by atoms with van der Waals surface area (Å²) in [7, 11) is -13.8. The van der Waals surface area contributed by atoms with Crippen molar-refractivity contribution in [3.05, 3.63) is 78.8 Å². The lowest BCUT2D eigenvalue weighted by Crippen LogP contribution is -2.13. The van der Waals surface area contributed by atoms with Gasteiger partial charge in [-0.3, -0.25) is 13.3 Å². The van der Waals surface area contributed by atoms with E-state index in [4.69, 9.17) is 14.7 Å². The predicted octanol–water partition coefficient (Wildman–Crippen LogP) is 6.89. The van der Waals surface area contributed by atoms with Crippen molar-refractivity contribution in [2.24, 2.45) is 20.5 Å². The molecule has 5 rings (SSSR count). The van der Waals surface area contributed by atoms with Crippen molar-refractivity contribution in [2.45, 2.75) is 14.7 Å². The third kappa shape index (κ3) is 12.2. The summed E-state index contributed by atoms with van der Waals surface area (Å²) in [5.74, 6) is -4.09. The summed E-state index contributed by atoms with van der Waals surface area (Å²) in [6, 6.07) is 12.5. The number of halogens is 2. The van der Waals surface area contributed by atoms with Crippen LogP contribution in [0.15, 0.2) is 102 Å². The number of aromatic hydroxyl groups is 1. The molecule has 0 amide bonds. The molecule has 0 saturated heterocycles. The van der Waals surface area contributed by atoms with Crippen LogP contribution in [0.3, 0.4) is 0 Å². The number of rotatable bonds is 20. The van der Waals surface area contributed by atoms with Crippen LogP contribution in [0.4, 0.5) is 48.7 Å². The van der Waals surface area contributed by atoms with Crippen LogP contribution in [0.5, 0.6) is 5.75 Å². The van der Waals surface area contributed by atoms with Gasteiger partial charge in [-0.1, -0.05) is 22.2 Å². The van der Waals surface area contributed by atoms with E-state index in [1.54, 1.807) is 0 Å². The van der Waals surface area contributed by atoms with Gasteiger partial charge in [0.05, 0.1) is 39.9 Å². The summed E-state index contributed by atoms with van der Waals surface area (Å²) < 4.78 is 134. The Morgan fingerprint density at radius 2 is 1.48 bits per heavy atom. The molecule has 0 saturated carbocycles. The number of anilines is 3. The smallest absolute Gasteiger partial charge is 0.313 e. The predicted molar refractivity (Wildman–Crippen MR) is 203 cm³/mol. The fourth-order valence-electron chi connectivity index (χ4n) is 4.86. The van der Waals surface area contributed by atoms with Gasteiger partial charge in [-0.05, 0) is 48.5 Å². The molecule has 4 aromatic carbocycles.